The van der Waals surface area contributed by atoms with Crippen LogP contribution in [0.25, 0.3) is 11.0 Å². The summed E-state index contributed by atoms with van der Waals surface area (Å²) in [6.45, 7) is 3.59. The molecule has 7 nitrogen and oxygen atoms in total. The van der Waals surface area contributed by atoms with Gasteiger partial charge in [0.15, 0.2) is 5.65 Å². The SMILES string of the molecule is CC(O)CC(C)Nc1c(C(=O)O)cnc2c1cnn2C. The molecule has 2 rings (SSSR count). The van der Waals surface area contributed by atoms with E-state index in [-0.39, 0.29) is 11.6 Å². The third kappa shape index (κ3) is 2.72. The van der Waals surface area contributed by atoms with Crippen LogP contribution in [0.1, 0.15) is 30.6 Å². The molecule has 0 amide bonds. The van der Waals surface area contributed by atoms with Crippen LogP contribution in [-0.2, 0) is 7.05 Å². The van der Waals surface area contributed by atoms with Crippen molar-refractivity contribution in [2.75, 3.05) is 5.32 Å². The van der Waals surface area contributed by atoms with Crippen LogP contribution in [0.3, 0.4) is 0 Å². The molecule has 2 atom stereocenters. The molecule has 2 aromatic heterocycles. The Morgan fingerprint density at radius 2 is 2.15 bits per heavy atom. The number of fused-ring (bicyclic) bond motifs is 1. The van der Waals surface area contributed by atoms with Gasteiger partial charge in [-0.05, 0) is 20.3 Å². The molecule has 3 N–H and O–H groups in total. The Morgan fingerprint density at radius 1 is 1.45 bits per heavy atom. The molecule has 0 radical (unpaired) electrons. The van der Waals surface area contributed by atoms with E-state index in [0.29, 0.717) is 23.1 Å². The molecule has 0 aromatic carbocycles. The summed E-state index contributed by atoms with van der Waals surface area (Å²) in [5.74, 6) is -1.05. The fraction of sp³-hybridized carbons (Fsp3) is 0.462. The largest absolute Gasteiger partial charge is 0.478 e. The molecule has 0 fully saturated rings. The van der Waals surface area contributed by atoms with E-state index in [9.17, 15) is 15.0 Å². The quantitative estimate of drug-likeness (QED) is 0.760. The summed E-state index contributed by atoms with van der Waals surface area (Å²) >= 11 is 0. The minimum atomic E-state index is -1.05. The predicted octanol–water partition coefficient (Wildman–Crippen LogP) is 1.24. The van der Waals surface area contributed by atoms with Crippen LogP contribution in [0.15, 0.2) is 12.4 Å². The van der Waals surface area contributed by atoms with Crippen LogP contribution in [0.5, 0.6) is 0 Å². The third-order valence-electron chi connectivity index (χ3n) is 3.08. The monoisotopic (exact) mass is 278 g/mol. The molecule has 0 aliphatic carbocycles. The normalized spacial score (nSPS) is 14.2. The van der Waals surface area contributed by atoms with E-state index >= 15 is 0 Å². The zero-order valence-electron chi connectivity index (χ0n) is 11.7. The number of aromatic carboxylic acids is 1. The molecule has 0 aliphatic heterocycles. The first kappa shape index (κ1) is 14.3. The van der Waals surface area contributed by atoms with Gasteiger partial charge in [-0.3, -0.25) is 4.68 Å². The lowest BCUT2D eigenvalue weighted by molar-refractivity contribution is 0.0697. The zero-order chi connectivity index (χ0) is 14.9. The van der Waals surface area contributed by atoms with Crippen molar-refractivity contribution >= 4 is 22.7 Å². The molecular weight excluding hydrogens is 260 g/mol. The minimum absolute atomic E-state index is 0.0705. The fourth-order valence-corrected chi connectivity index (χ4v) is 2.23. The Balaban J connectivity index is 2.47. The molecule has 0 aliphatic rings. The van der Waals surface area contributed by atoms with Crippen molar-refractivity contribution in [1.82, 2.24) is 14.8 Å². The average molecular weight is 278 g/mol. The Morgan fingerprint density at radius 3 is 2.75 bits per heavy atom. The second kappa shape index (κ2) is 5.46. The summed E-state index contributed by atoms with van der Waals surface area (Å²) in [5.41, 5.74) is 1.20. The summed E-state index contributed by atoms with van der Waals surface area (Å²) in [7, 11) is 1.75. The van der Waals surface area contributed by atoms with Gasteiger partial charge in [0.2, 0.25) is 0 Å². The minimum Gasteiger partial charge on any atom is -0.478 e. The maximum Gasteiger partial charge on any atom is 0.339 e. The molecule has 2 heterocycles. The zero-order valence-corrected chi connectivity index (χ0v) is 11.7. The molecule has 0 bridgehead atoms. The second-order valence-electron chi connectivity index (χ2n) is 4.99. The molecule has 108 valence electrons. The topological polar surface area (TPSA) is 100 Å². The van der Waals surface area contributed by atoms with Crippen LogP contribution in [-0.4, -0.2) is 43.1 Å². The maximum absolute atomic E-state index is 11.3. The van der Waals surface area contributed by atoms with Crippen molar-refractivity contribution in [2.24, 2.45) is 7.05 Å². The van der Waals surface area contributed by atoms with Crippen LogP contribution in [0.2, 0.25) is 0 Å². The summed E-state index contributed by atoms with van der Waals surface area (Å²) in [6, 6.07) is -0.0705. The number of carboxylic acid groups (broad SMARTS) is 1. The van der Waals surface area contributed by atoms with Crippen LogP contribution in [0.4, 0.5) is 5.69 Å². The molecule has 0 spiro atoms. The first-order valence-electron chi connectivity index (χ1n) is 6.38. The maximum atomic E-state index is 11.3. The number of nitrogens with zero attached hydrogens (tertiary/aromatic N) is 3. The van der Waals surface area contributed by atoms with Gasteiger partial charge in [-0.1, -0.05) is 0 Å². The van der Waals surface area contributed by atoms with Crippen molar-refractivity contribution in [3.05, 3.63) is 18.0 Å². The Hall–Kier alpha value is -2.15. The standard InChI is InChI=1S/C13H18N4O3/c1-7(4-8(2)18)16-11-9-6-15-17(3)12(9)14-5-10(11)13(19)20/h5-8,18H,4H2,1-3H3,(H,14,16)(H,19,20). The van der Waals surface area contributed by atoms with Gasteiger partial charge in [0.1, 0.15) is 5.56 Å². The smallest absolute Gasteiger partial charge is 0.339 e. The van der Waals surface area contributed by atoms with Gasteiger partial charge in [0.25, 0.3) is 0 Å². The Labute approximate surface area is 116 Å². The number of carboxylic acids is 1. The molecule has 20 heavy (non-hydrogen) atoms. The second-order valence-corrected chi connectivity index (χ2v) is 4.99. The van der Waals surface area contributed by atoms with Gasteiger partial charge in [-0.2, -0.15) is 5.10 Å². The number of anilines is 1. The predicted molar refractivity (Wildman–Crippen MR) is 74.9 cm³/mol. The van der Waals surface area contributed by atoms with Gasteiger partial charge in [0.05, 0.1) is 23.4 Å². The number of aliphatic hydroxyl groups is 1. The van der Waals surface area contributed by atoms with Gasteiger partial charge in [0, 0.05) is 19.3 Å². The van der Waals surface area contributed by atoms with Crippen molar-refractivity contribution in [2.45, 2.75) is 32.4 Å². The van der Waals surface area contributed by atoms with E-state index in [1.54, 1.807) is 24.9 Å². The highest BCUT2D eigenvalue weighted by Crippen LogP contribution is 2.26. The molecule has 7 heteroatoms. The number of pyridine rings is 1. The van der Waals surface area contributed by atoms with Gasteiger partial charge >= 0.3 is 5.97 Å². The number of rotatable bonds is 5. The Kier molecular flexibility index (Phi) is 3.89. The number of aryl methyl sites for hydroxylation is 1. The van der Waals surface area contributed by atoms with Crippen molar-refractivity contribution < 1.29 is 15.0 Å². The highest BCUT2D eigenvalue weighted by molar-refractivity contribution is 6.03. The molecule has 0 saturated carbocycles. The average Bonchev–Trinajstić information content (AvgIpc) is 2.70. The first-order valence-corrected chi connectivity index (χ1v) is 6.38. The lowest BCUT2D eigenvalue weighted by atomic mass is 10.1. The van der Waals surface area contributed by atoms with Gasteiger partial charge in [-0.15, -0.1) is 0 Å². The number of hydrogen-bond donors (Lipinski definition) is 3. The van der Waals surface area contributed by atoms with Gasteiger partial charge in [-0.25, -0.2) is 9.78 Å². The van der Waals surface area contributed by atoms with Crippen molar-refractivity contribution in [3.63, 3.8) is 0 Å². The van der Waals surface area contributed by atoms with Gasteiger partial charge < -0.3 is 15.5 Å². The van der Waals surface area contributed by atoms with Crippen molar-refractivity contribution in [3.8, 4) is 0 Å². The summed E-state index contributed by atoms with van der Waals surface area (Å²) in [5, 5.41) is 26.6. The van der Waals surface area contributed by atoms with Crippen molar-refractivity contribution in [1.29, 1.82) is 0 Å². The third-order valence-corrected chi connectivity index (χ3v) is 3.08. The number of nitrogens with one attached hydrogen (secondary N) is 1. The number of hydrogen-bond acceptors (Lipinski definition) is 5. The van der Waals surface area contributed by atoms with E-state index in [2.05, 4.69) is 15.4 Å². The number of aromatic nitrogens is 3. The molecule has 2 unspecified atom stereocenters. The first-order chi connectivity index (χ1) is 9.40. The summed E-state index contributed by atoms with van der Waals surface area (Å²) in [6.07, 6.45) is 2.97. The number of carbonyl (C=O) groups is 1. The van der Waals surface area contributed by atoms with Crippen LogP contribution < -0.4 is 5.32 Å². The van der Waals surface area contributed by atoms with E-state index in [4.69, 9.17) is 0 Å². The lowest BCUT2D eigenvalue weighted by Crippen LogP contribution is -2.22. The summed E-state index contributed by atoms with van der Waals surface area (Å²) < 4.78 is 1.59. The Bertz CT molecular complexity index is 636. The highest BCUT2D eigenvalue weighted by atomic mass is 16.4. The number of aliphatic hydroxyl groups excluding tert-OH is 1. The van der Waals surface area contributed by atoms with Crippen LogP contribution >= 0.6 is 0 Å². The fourth-order valence-electron chi connectivity index (χ4n) is 2.23. The lowest BCUT2D eigenvalue weighted by Gasteiger charge is -2.18. The molecule has 2 aromatic rings. The van der Waals surface area contributed by atoms with E-state index < -0.39 is 12.1 Å². The molecule has 0 saturated heterocycles. The van der Waals surface area contributed by atoms with E-state index in [1.165, 1.54) is 6.20 Å². The highest BCUT2D eigenvalue weighted by Gasteiger charge is 2.18. The summed E-state index contributed by atoms with van der Waals surface area (Å²) in [4.78, 5) is 15.4. The van der Waals surface area contributed by atoms with E-state index in [0.717, 1.165) is 0 Å². The van der Waals surface area contributed by atoms with Crippen LogP contribution in [0, 0.1) is 0 Å². The van der Waals surface area contributed by atoms with E-state index in [1.807, 2.05) is 6.92 Å². The molecular formula is C13H18N4O3.